The lowest BCUT2D eigenvalue weighted by molar-refractivity contribution is -0.383. The van der Waals surface area contributed by atoms with Crippen molar-refractivity contribution in [1.82, 2.24) is 4.57 Å². The highest BCUT2D eigenvalue weighted by atomic mass is 16.6. The molecule has 0 saturated heterocycles. The topological polar surface area (TPSA) is 112 Å². The van der Waals surface area contributed by atoms with Crippen LogP contribution in [0.2, 0.25) is 0 Å². The molecule has 8 heteroatoms. The first-order valence-corrected chi connectivity index (χ1v) is 6.37. The molecule has 0 atom stereocenters. The second-order valence-electron chi connectivity index (χ2n) is 5.63. The van der Waals surface area contributed by atoms with Crippen LogP contribution in [0.25, 0.3) is 10.9 Å². The van der Waals surface area contributed by atoms with Crippen molar-refractivity contribution in [2.75, 3.05) is 0 Å². The normalized spacial score (nSPS) is 11.4. The van der Waals surface area contributed by atoms with E-state index in [1.807, 2.05) is 0 Å². The zero-order chi connectivity index (χ0) is 16.7. The van der Waals surface area contributed by atoms with Crippen molar-refractivity contribution in [2.24, 2.45) is 0 Å². The molecular weight excluding hydrogens is 292 g/mol. The molecule has 22 heavy (non-hydrogen) atoms. The van der Waals surface area contributed by atoms with E-state index in [4.69, 9.17) is 4.74 Å². The highest BCUT2D eigenvalue weighted by Gasteiger charge is 2.27. The van der Waals surface area contributed by atoms with E-state index >= 15 is 0 Å². The lowest BCUT2D eigenvalue weighted by Gasteiger charge is -2.19. The van der Waals surface area contributed by atoms with Gasteiger partial charge in [0, 0.05) is 17.6 Å². The highest BCUT2D eigenvalue weighted by Crippen LogP contribution is 2.30. The molecule has 1 aromatic carbocycles. The Balaban J connectivity index is 2.75. The van der Waals surface area contributed by atoms with Crippen molar-refractivity contribution in [3.63, 3.8) is 0 Å². The van der Waals surface area contributed by atoms with E-state index in [0.29, 0.717) is 0 Å². The fourth-order valence-electron chi connectivity index (χ4n) is 2.04. The molecule has 1 aromatic heterocycles. The minimum absolute atomic E-state index is 0.0980. The molecule has 0 unspecified atom stereocenters. The van der Waals surface area contributed by atoms with Crippen LogP contribution in [0.15, 0.2) is 24.4 Å². The maximum atomic E-state index is 12.2. The van der Waals surface area contributed by atoms with Crippen molar-refractivity contribution < 1.29 is 24.4 Å². The fraction of sp³-hybridized carbons (Fsp3) is 0.286. The Kier molecular flexibility index (Phi) is 3.62. The van der Waals surface area contributed by atoms with Crippen LogP contribution in [0.5, 0.6) is 0 Å². The minimum Gasteiger partial charge on any atom is -0.478 e. The van der Waals surface area contributed by atoms with Gasteiger partial charge in [0.2, 0.25) is 0 Å². The first kappa shape index (κ1) is 15.5. The number of fused-ring (bicyclic) bond motifs is 1. The Morgan fingerprint density at radius 1 is 1.32 bits per heavy atom. The minimum atomic E-state index is -1.28. The van der Waals surface area contributed by atoms with Crippen molar-refractivity contribution in [3.8, 4) is 0 Å². The van der Waals surface area contributed by atoms with Gasteiger partial charge in [-0.2, -0.15) is 0 Å². The van der Waals surface area contributed by atoms with Gasteiger partial charge in [-0.1, -0.05) is 12.1 Å². The molecule has 0 radical (unpaired) electrons. The number of hydrogen-bond donors (Lipinski definition) is 1. The van der Waals surface area contributed by atoms with E-state index in [0.717, 1.165) is 10.8 Å². The quantitative estimate of drug-likeness (QED) is 0.674. The third-order valence-electron chi connectivity index (χ3n) is 2.82. The molecule has 1 N–H and O–H groups in total. The van der Waals surface area contributed by atoms with Crippen molar-refractivity contribution >= 4 is 28.7 Å². The number of carboxylic acid groups (broad SMARTS) is 1. The Labute approximate surface area is 125 Å². The monoisotopic (exact) mass is 306 g/mol. The summed E-state index contributed by atoms with van der Waals surface area (Å²) in [7, 11) is 0. The first-order chi connectivity index (χ1) is 10.1. The maximum Gasteiger partial charge on any atom is 0.419 e. The van der Waals surface area contributed by atoms with E-state index in [1.54, 1.807) is 20.8 Å². The van der Waals surface area contributed by atoms with Gasteiger partial charge in [0.05, 0.1) is 10.5 Å². The number of rotatable bonds is 2. The van der Waals surface area contributed by atoms with E-state index in [9.17, 15) is 24.8 Å². The van der Waals surface area contributed by atoms with Crippen LogP contribution in [0.1, 0.15) is 31.1 Å². The average Bonchev–Trinajstić information content (AvgIpc) is 2.75. The predicted molar refractivity (Wildman–Crippen MR) is 77.2 cm³/mol. The van der Waals surface area contributed by atoms with Gasteiger partial charge in [-0.15, -0.1) is 0 Å². The summed E-state index contributed by atoms with van der Waals surface area (Å²) >= 11 is 0. The van der Waals surface area contributed by atoms with Crippen LogP contribution in [0.3, 0.4) is 0 Å². The molecule has 0 aliphatic rings. The molecule has 0 saturated carbocycles. The second-order valence-corrected chi connectivity index (χ2v) is 5.63. The van der Waals surface area contributed by atoms with E-state index in [-0.39, 0.29) is 22.2 Å². The van der Waals surface area contributed by atoms with Crippen molar-refractivity contribution in [2.45, 2.75) is 26.4 Å². The molecule has 0 aliphatic heterocycles. The van der Waals surface area contributed by atoms with Gasteiger partial charge in [-0.25, -0.2) is 14.2 Å². The molecular formula is C14H14N2O6. The Bertz CT molecular complexity index is 784. The van der Waals surface area contributed by atoms with Crippen LogP contribution in [0, 0.1) is 10.1 Å². The zero-order valence-corrected chi connectivity index (χ0v) is 12.2. The standard InChI is InChI=1S/C14H14N2O6/c1-14(2,3)22-13(19)15-7-9(12(17)18)8-5-4-6-10(11(8)15)16(20)21/h4-7H,1-3H3,(H,17,18). The number of para-hydroxylation sites is 1. The van der Waals surface area contributed by atoms with Crippen LogP contribution in [-0.4, -0.2) is 32.3 Å². The summed E-state index contributed by atoms with van der Waals surface area (Å²) in [5.41, 5.74) is -1.49. The number of nitro groups is 1. The molecule has 0 bridgehead atoms. The number of non-ortho nitro benzene ring substituents is 1. The summed E-state index contributed by atoms with van der Waals surface area (Å²) in [6.07, 6.45) is 0.160. The molecule has 0 aliphatic carbocycles. The van der Waals surface area contributed by atoms with Crippen LogP contribution >= 0.6 is 0 Å². The number of benzene rings is 1. The number of carbonyl (C=O) groups is 2. The summed E-state index contributed by atoms with van der Waals surface area (Å²) in [5.74, 6) is -1.28. The van der Waals surface area contributed by atoms with Gasteiger partial charge in [0.1, 0.15) is 11.1 Å². The van der Waals surface area contributed by atoms with Gasteiger partial charge in [0.25, 0.3) is 5.69 Å². The molecule has 0 amide bonds. The maximum absolute atomic E-state index is 12.2. The van der Waals surface area contributed by atoms with Crippen LogP contribution < -0.4 is 0 Å². The molecule has 0 fully saturated rings. The van der Waals surface area contributed by atoms with Crippen molar-refractivity contribution in [3.05, 3.63) is 40.1 Å². The van der Waals surface area contributed by atoms with Gasteiger partial charge >= 0.3 is 12.1 Å². The number of aromatic carboxylic acids is 1. The molecule has 8 nitrogen and oxygen atoms in total. The SMILES string of the molecule is CC(C)(C)OC(=O)n1cc(C(=O)O)c2cccc([N+](=O)[O-])c21. The number of nitrogens with zero attached hydrogens (tertiary/aromatic N) is 2. The molecule has 2 rings (SSSR count). The fourth-order valence-corrected chi connectivity index (χ4v) is 2.04. The predicted octanol–water partition coefficient (Wildman–Crippen LogP) is 3.03. The van der Waals surface area contributed by atoms with Crippen molar-refractivity contribution in [1.29, 1.82) is 0 Å². The molecule has 0 spiro atoms. The third-order valence-corrected chi connectivity index (χ3v) is 2.82. The zero-order valence-electron chi connectivity index (χ0n) is 12.2. The second kappa shape index (κ2) is 5.14. The van der Waals surface area contributed by atoms with E-state index < -0.39 is 22.6 Å². The number of ether oxygens (including phenoxy) is 1. The number of nitro benzene ring substituents is 1. The first-order valence-electron chi connectivity index (χ1n) is 6.37. The van der Waals surface area contributed by atoms with E-state index in [1.165, 1.54) is 18.2 Å². The van der Waals surface area contributed by atoms with Crippen LogP contribution in [0.4, 0.5) is 10.5 Å². The molecule has 1 heterocycles. The van der Waals surface area contributed by atoms with Gasteiger partial charge < -0.3 is 9.84 Å². The summed E-state index contributed by atoms with van der Waals surface area (Å²) in [6.45, 7) is 4.93. The summed E-state index contributed by atoms with van der Waals surface area (Å²) in [5, 5.41) is 20.5. The number of carbonyl (C=O) groups excluding carboxylic acids is 1. The summed E-state index contributed by atoms with van der Waals surface area (Å²) < 4.78 is 6.03. The van der Waals surface area contributed by atoms with Crippen LogP contribution in [-0.2, 0) is 4.74 Å². The van der Waals surface area contributed by atoms with Gasteiger partial charge in [-0.05, 0) is 20.8 Å². The average molecular weight is 306 g/mol. The largest absolute Gasteiger partial charge is 0.478 e. The lowest BCUT2D eigenvalue weighted by atomic mass is 10.1. The number of carboxylic acids is 1. The van der Waals surface area contributed by atoms with Gasteiger partial charge in [-0.3, -0.25) is 10.1 Å². The lowest BCUT2D eigenvalue weighted by Crippen LogP contribution is -2.26. The smallest absolute Gasteiger partial charge is 0.419 e. The van der Waals surface area contributed by atoms with Gasteiger partial charge in [0.15, 0.2) is 0 Å². The Hall–Kier alpha value is -2.90. The molecule has 2 aromatic rings. The Morgan fingerprint density at radius 2 is 1.95 bits per heavy atom. The Morgan fingerprint density at radius 3 is 2.45 bits per heavy atom. The highest BCUT2D eigenvalue weighted by molar-refractivity contribution is 6.08. The molecule has 116 valence electrons. The third kappa shape index (κ3) is 2.76. The van der Waals surface area contributed by atoms with E-state index in [2.05, 4.69) is 0 Å². The summed E-state index contributed by atoms with van der Waals surface area (Å²) in [6, 6.07) is 3.98. The summed E-state index contributed by atoms with van der Waals surface area (Å²) in [4.78, 5) is 34.0. The number of hydrogen-bond acceptors (Lipinski definition) is 5. The number of aromatic nitrogens is 1.